The van der Waals surface area contributed by atoms with Crippen LogP contribution in [0.5, 0.6) is 0 Å². The molecule has 1 aromatic rings. The van der Waals surface area contributed by atoms with Crippen LogP contribution in [0.1, 0.15) is 24.7 Å². The van der Waals surface area contributed by atoms with Crippen LogP contribution >= 0.6 is 0 Å². The fraction of sp³-hybridized carbons (Fsp3) is 0.636. The Morgan fingerprint density at radius 3 is 2.38 bits per heavy atom. The molecule has 2 heterocycles. The van der Waals surface area contributed by atoms with Crippen molar-refractivity contribution in [1.82, 2.24) is 4.57 Å². The number of hydrogen-bond acceptors (Lipinski definition) is 1. The molecular formula is C11H17NO. The highest BCUT2D eigenvalue weighted by Gasteiger charge is 2.32. The molecule has 0 N–H and O–H groups in total. The summed E-state index contributed by atoms with van der Waals surface area (Å²) < 4.78 is 7.88. The largest absolute Gasteiger partial charge is 0.379 e. The Morgan fingerprint density at radius 1 is 1.31 bits per heavy atom. The minimum atomic E-state index is 0.192. The van der Waals surface area contributed by atoms with Crippen LogP contribution in [0.25, 0.3) is 0 Å². The van der Waals surface area contributed by atoms with Crippen LogP contribution in [-0.2, 0) is 10.3 Å². The van der Waals surface area contributed by atoms with E-state index in [-0.39, 0.29) is 5.54 Å². The lowest BCUT2D eigenvalue weighted by Gasteiger charge is -2.28. The molecule has 1 aliphatic heterocycles. The van der Waals surface area contributed by atoms with Gasteiger partial charge in [0.15, 0.2) is 0 Å². The van der Waals surface area contributed by atoms with Gasteiger partial charge in [-0.1, -0.05) is 0 Å². The van der Waals surface area contributed by atoms with Gasteiger partial charge in [-0.2, -0.15) is 0 Å². The van der Waals surface area contributed by atoms with Gasteiger partial charge in [0, 0.05) is 18.0 Å². The van der Waals surface area contributed by atoms with E-state index in [4.69, 9.17) is 4.74 Å². The Hall–Kier alpha value is -0.760. The van der Waals surface area contributed by atoms with E-state index in [1.807, 2.05) is 0 Å². The van der Waals surface area contributed by atoms with Crippen molar-refractivity contribution in [3.63, 3.8) is 0 Å². The summed E-state index contributed by atoms with van der Waals surface area (Å²) in [5, 5.41) is 0. The first kappa shape index (κ1) is 8.82. The van der Waals surface area contributed by atoms with Gasteiger partial charge in [-0.15, -0.1) is 0 Å². The van der Waals surface area contributed by atoms with Crippen molar-refractivity contribution >= 4 is 0 Å². The predicted molar refractivity (Wildman–Crippen MR) is 53.0 cm³/mol. The molecule has 1 atom stereocenters. The lowest BCUT2D eigenvalue weighted by atomic mass is 10.0. The van der Waals surface area contributed by atoms with E-state index in [9.17, 15) is 0 Å². The third kappa shape index (κ3) is 1.29. The SMILES string of the molecule is Cc1ccc(C)n1C1(C)CCOC1. The fourth-order valence-corrected chi connectivity index (χ4v) is 2.35. The first-order valence-corrected chi connectivity index (χ1v) is 4.87. The molecule has 0 saturated carbocycles. The third-order valence-electron chi connectivity index (χ3n) is 3.01. The van der Waals surface area contributed by atoms with E-state index in [0.717, 1.165) is 19.6 Å². The van der Waals surface area contributed by atoms with Gasteiger partial charge in [0.1, 0.15) is 0 Å². The van der Waals surface area contributed by atoms with Crippen molar-refractivity contribution in [3.8, 4) is 0 Å². The van der Waals surface area contributed by atoms with E-state index in [1.54, 1.807) is 0 Å². The summed E-state index contributed by atoms with van der Waals surface area (Å²) in [4.78, 5) is 0. The quantitative estimate of drug-likeness (QED) is 0.645. The molecule has 2 heteroatoms. The summed E-state index contributed by atoms with van der Waals surface area (Å²) in [6.07, 6.45) is 1.13. The number of ether oxygens (including phenoxy) is 1. The second kappa shape index (κ2) is 2.88. The van der Waals surface area contributed by atoms with Gasteiger partial charge < -0.3 is 9.30 Å². The maximum absolute atomic E-state index is 5.47. The zero-order valence-corrected chi connectivity index (χ0v) is 8.63. The van der Waals surface area contributed by atoms with E-state index >= 15 is 0 Å². The Labute approximate surface area is 79.5 Å². The molecule has 1 aromatic heterocycles. The van der Waals surface area contributed by atoms with Crippen LogP contribution in [0, 0.1) is 13.8 Å². The zero-order valence-electron chi connectivity index (χ0n) is 8.63. The maximum atomic E-state index is 5.47. The Bertz CT molecular complexity index is 288. The number of rotatable bonds is 1. The molecule has 72 valence electrons. The molecule has 0 amide bonds. The summed E-state index contributed by atoms with van der Waals surface area (Å²) >= 11 is 0. The normalized spacial score (nSPS) is 28.2. The molecule has 0 bridgehead atoms. The lowest BCUT2D eigenvalue weighted by molar-refractivity contribution is 0.160. The van der Waals surface area contributed by atoms with Gasteiger partial charge >= 0.3 is 0 Å². The standard InChI is InChI=1S/C11H17NO/c1-9-4-5-10(2)12(9)11(3)6-7-13-8-11/h4-5H,6-8H2,1-3H3. The third-order valence-corrected chi connectivity index (χ3v) is 3.01. The van der Waals surface area contributed by atoms with E-state index in [0.29, 0.717) is 0 Å². The lowest BCUT2D eigenvalue weighted by Crippen LogP contribution is -2.31. The highest BCUT2D eigenvalue weighted by atomic mass is 16.5. The Balaban J connectivity index is 2.43. The zero-order chi connectivity index (χ0) is 9.47. The molecule has 2 rings (SSSR count). The van der Waals surface area contributed by atoms with Gasteiger partial charge in [-0.25, -0.2) is 0 Å². The second-order valence-corrected chi connectivity index (χ2v) is 4.25. The van der Waals surface area contributed by atoms with Crippen molar-refractivity contribution < 1.29 is 4.74 Å². The molecule has 1 unspecified atom stereocenters. The molecule has 0 spiro atoms. The van der Waals surface area contributed by atoms with Gasteiger partial charge in [0.25, 0.3) is 0 Å². The van der Waals surface area contributed by atoms with Crippen LogP contribution in [0.3, 0.4) is 0 Å². The smallest absolute Gasteiger partial charge is 0.0700 e. The summed E-state index contributed by atoms with van der Waals surface area (Å²) in [7, 11) is 0. The Kier molecular flexibility index (Phi) is 1.95. The van der Waals surface area contributed by atoms with Gasteiger partial charge in [0.05, 0.1) is 12.1 Å². The molecule has 1 saturated heterocycles. The van der Waals surface area contributed by atoms with Crippen LogP contribution in [-0.4, -0.2) is 17.8 Å². The number of aromatic nitrogens is 1. The van der Waals surface area contributed by atoms with Crippen molar-refractivity contribution in [3.05, 3.63) is 23.5 Å². The molecule has 1 aliphatic rings. The first-order chi connectivity index (χ1) is 6.13. The molecule has 2 nitrogen and oxygen atoms in total. The number of nitrogens with zero attached hydrogens (tertiary/aromatic N) is 1. The van der Waals surface area contributed by atoms with E-state index in [1.165, 1.54) is 11.4 Å². The molecule has 1 fully saturated rings. The second-order valence-electron chi connectivity index (χ2n) is 4.25. The van der Waals surface area contributed by atoms with Gasteiger partial charge in [-0.3, -0.25) is 0 Å². The predicted octanol–water partition coefficient (Wildman–Crippen LogP) is 2.24. The molecular weight excluding hydrogens is 162 g/mol. The van der Waals surface area contributed by atoms with Crippen molar-refractivity contribution in [2.45, 2.75) is 32.7 Å². The minimum Gasteiger partial charge on any atom is -0.379 e. The minimum absolute atomic E-state index is 0.192. The van der Waals surface area contributed by atoms with Crippen molar-refractivity contribution in [1.29, 1.82) is 0 Å². The van der Waals surface area contributed by atoms with Gasteiger partial charge in [0.2, 0.25) is 0 Å². The molecule has 13 heavy (non-hydrogen) atoms. The molecule has 0 aliphatic carbocycles. The van der Waals surface area contributed by atoms with Crippen molar-refractivity contribution in [2.24, 2.45) is 0 Å². The van der Waals surface area contributed by atoms with Crippen LogP contribution in [0.2, 0.25) is 0 Å². The number of aryl methyl sites for hydroxylation is 2. The van der Waals surface area contributed by atoms with E-state index in [2.05, 4.69) is 37.5 Å². The molecule has 0 aromatic carbocycles. The average molecular weight is 179 g/mol. The topological polar surface area (TPSA) is 14.2 Å². The van der Waals surface area contributed by atoms with Crippen molar-refractivity contribution in [2.75, 3.05) is 13.2 Å². The highest BCUT2D eigenvalue weighted by Crippen LogP contribution is 2.30. The summed E-state index contributed by atoms with van der Waals surface area (Å²) in [5.41, 5.74) is 2.87. The maximum Gasteiger partial charge on any atom is 0.0700 e. The fourth-order valence-electron chi connectivity index (χ4n) is 2.35. The summed E-state index contributed by atoms with van der Waals surface area (Å²) in [5.74, 6) is 0. The van der Waals surface area contributed by atoms with Crippen LogP contribution in [0.15, 0.2) is 12.1 Å². The van der Waals surface area contributed by atoms with E-state index < -0.39 is 0 Å². The monoisotopic (exact) mass is 179 g/mol. The van der Waals surface area contributed by atoms with Crippen LogP contribution in [0.4, 0.5) is 0 Å². The van der Waals surface area contributed by atoms with Gasteiger partial charge in [-0.05, 0) is 39.3 Å². The summed E-state index contributed by atoms with van der Waals surface area (Å²) in [6.45, 7) is 8.35. The average Bonchev–Trinajstić information content (AvgIpc) is 2.60. The highest BCUT2D eigenvalue weighted by molar-refractivity contribution is 5.17. The molecule has 0 radical (unpaired) electrons. The van der Waals surface area contributed by atoms with Crippen LogP contribution < -0.4 is 0 Å². The number of hydrogen-bond donors (Lipinski definition) is 0. The summed E-state index contributed by atoms with van der Waals surface area (Å²) in [6, 6.07) is 4.36. The first-order valence-electron chi connectivity index (χ1n) is 4.87. The Morgan fingerprint density at radius 2 is 1.92 bits per heavy atom.